The van der Waals surface area contributed by atoms with Crippen molar-refractivity contribution in [2.24, 2.45) is 0 Å². The van der Waals surface area contributed by atoms with E-state index >= 15 is 0 Å². The van der Waals surface area contributed by atoms with E-state index in [0.29, 0.717) is 18.0 Å². The Kier molecular flexibility index (Phi) is 5.17. The second-order valence-corrected chi connectivity index (χ2v) is 4.84. The van der Waals surface area contributed by atoms with Crippen LogP contribution in [0, 0.1) is 10.1 Å². The zero-order chi connectivity index (χ0) is 14.4. The maximum absolute atomic E-state index is 11.0. The second kappa shape index (κ2) is 7.09. The number of nitro groups is 1. The van der Waals surface area contributed by atoms with Crippen molar-refractivity contribution in [1.82, 2.24) is 0 Å². The Morgan fingerprint density at radius 3 is 3.00 bits per heavy atom. The summed E-state index contributed by atoms with van der Waals surface area (Å²) < 4.78 is 10.6. The number of nitro benzene ring substituents is 1. The summed E-state index contributed by atoms with van der Waals surface area (Å²) in [5.41, 5.74) is 0.556. The number of nitrogens with one attached hydrogen (secondary N) is 1. The van der Waals surface area contributed by atoms with E-state index in [4.69, 9.17) is 9.47 Å². The predicted octanol–water partition coefficient (Wildman–Crippen LogP) is 2.97. The van der Waals surface area contributed by atoms with Crippen LogP contribution in [0.25, 0.3) is 0 Å². The van der Waals surface area contributed by atoms with Crippen LogP contribution in [0.15, 0.2) is 18.2 Å². The van der Waals surface area contributed by atoms with Crippen molar-refractivity contribution in [2.45, 2.75) is 31.8 Å². The van der Waals surface area contributed by atoms with E-state index < -0.39 is 4.92 Å². The molecule has 1 fully saturated rings. The Labute approximate surface area is 118 Å². The van der Waals surface area contributed by atoms with Crippen molar-refractivity contribution < 1.29 is 14.4 Å². The molecule has 1 saturated heterocycles. The maximum Gasteiger partial charge on any atom is 0.296 e. The summed E-state index contributed by atoms with van der Waals surface area (Å²) in [7, 11) is 1.49. The van der Waals surface area contributed by atoms with E-state index in [1.807, 2.05) is 0 Å². The molecule has 2 rings (SSSR count). The van der Waals surface area contributed by atoms with Crippen molar-refractivity contribution in [2.75, 3.05) is 25.6 Å². The normalized spacial score (nSPS) is 18.6. The maximum atomic E-state index is 11.0. The molecule has 1 aromatic carbocycles. The summed E-state index contributed by atoms with van der Waals surface area (Å²) in [6.07, 6.45) is 4.55. The first-order valence-electron chi connectivity index (χ1n) is 6.88. The van der Waals surface area contributed by atoms with E-state index in [1.54, 1.807) is 12.1 Å². The molecule has 1 heterocycles. The van der Waals surface area contributed by atoms with Gasteiger partial charge in [-0.15, -0.1) is 0 Å². The van der Waals surface area contributed by atoms with Crippen LogP contribution in [0.1, 0.15) is 25.7 Å². The zero-order valence-electron chi connectivity index (χ0n) is 11.6. The van der Waals surface area contributed by atoms with Gasteiger partial charge in [0.25, 0.3) is 5.69 Å². The molecule has 20 heavy (non-hydrogen) atoms. The summed E-state index contributed by atoms with van der Waals surface area (Å²) in [6.45, 7) is 1.49. The highest BCUT2D eigenvalue weighted by Crippen LogP contribution is 2.29. The minimum absolute atomic E-state index is 0.0360. The minimum atomic E-state index is -0.401. The summed E-state index contributed by atoms with van der Waals surface area (Å²) in [6, 6.07) is 4.82. The molecular weight excluding hydrogens is 260 g/mol. The Balaban J connectivity index is 1.92. The molecule has 0 aromatic heterocycles. The van der Waals surface area contributed by atoms with Crippen molar-refractivity contribution in [1.29, 1.82) is 0 Å². The summed E-state index contributed by atoms with van der Waals surface area (Å²) in [4.78, 5) is 10.6. The number of methoxy groups -OCH3 is 1. The summed E-state index contributed by atoms with van der Waals surface area (Å²) in [5.74, 6) is 0.484. The van der Waals surface area contributed by atoms with Gasteiger partial charge in [0.15, 0.2) is 0 Å². The highest BCUT2D eigenvalue weighted by atomic mass is 16.6. The van der Waals surface area contributed by atoms with E-state index in [1.165, 1.54) is 19.6 Å². The SMILES string of the molecule is COc1ccc(NCCC2CCCCO2)c([N+](=O)[O-])c1. The van der Waals surface area contributed by atoms with E-state index in [-0.39, 0.29) is 11.8 Å². The van der Waals surface area contributed by atoms with Gasteiger partial charge >= 0.3 is 0 Å². The molecule has 0 amide bonds. The third-order valence-electron chi connectivity index (χ3n) is 3.46. The van der Waals surface area contributed by atoms with Crippen molar-refractivity contribution in [3.05, 3.63) is 28.3 Å². The van der Waals surface area contributed by atoms with Gasteiger partial charge in [-0.2, -0.15) is 0 Å². The van der Waals surface area contributed by atoms with Crippen LogP contribution in [-0.4, -0.2) is 31.3 Å². The molecule has 110 valence electrons. The van der Waals surface area contributed by atoms with Gasteiger partial charge in [0.1, 0.15) is 11.4 Å². The molecule has 0 spiro atoms. The first-order valence-corrected chi connectivity index (χ1v) is 6.88. The number of ether oxygens (including phenoxy) is 2. The average molecular weight is 280 g/mol. The van der Waals surface area contributed by atoms with E-state index in [0.717, 1.165) is 25.9 Å². The molecule has 0 aliphatic carbocycles. The molecule has 0 radical (unpaired) electrons. The molecule has 1 aromatic rings. The Morgan fingerprint density at radius 1 is 1.50 bits per heavy atom. The minimum Gasteiger partial charge on any atom is -0.496 e. The van der Waals surface area contributed by atoms with Crippen molar-refractivity contribution >= 4 is 11.4 Å². The van der Waals surface area contributed by atoms with Gasteiger partial charge in [-0.25, -0.2) is 0 Å². The average Bonchev–Trinajstić information content (AvgIpc) is 2.48. The van der Waals surface area contributed by atoms with Gasteiger partial charge < -0.3 is 14.8 Å². The highest BCUT2D eigenvalue weighted by molar-refractivity contribution is 5.63. The molecule has 6 heteroatoms. The lowest BCUT2D eigenvalue weighted by Gasteiger charge is -2.22. The molecule has 0 bridgehead atoms. The van der Waals surface area contributed by atoms with Crippen LogP contribution >= 0.6 is 0 Å². The molecular formula is C14H20N2O4. The van der Waals surface area contributed by atoms with Gasteiger partial charge in [0.2, 0.25) is 0 Å². The fourth-order valence-corrected chi connectivity index (χ4v) is 2.34. The fraction of sp³-hybridized carbons (Fsp3) is 0.571. The fourth-order valence-electron chi connectivity index (χ4n) is 2.34. The first-order chi connectivity index (χ1) is 9.70. The second-order valence-electron chi connectivity index (χ2n) is 4.84. The summed E-state index contributed by atoms with van der Waals surface area (Å²) >= 11 is 0. The molecule has 1 atom stereocenters. The number of hydrogen-bond donors (Lipinski definition) is 1. The number of rotatable bonds is 6. The van der Waals surface area contributed by atoms with Crippen LogP contribution in [-0.2, 0) is 4.74 Å². The van der Waals surface area contributed by atoms with Gasteiger partial charge in [-0.3, -0.25) is 10.1 Å². The number of benzene rings is 1. The van der Waals surface area contributed by atoms with E-state index in [2.05, 4.69) is 5.32 Å². The zero-order valence-corrected chi connectivity index (χ0v) is 11.6. The standard InChI is InChI=1S/C14H20N2O4/c1-19-12-5-6-13(14(10-12)16(17)18)15-8-7-11-4-2-3-9-20-11/h5-6,10-11,15H,2-4,7-9H2,1H3. The predicted molar refractivity (Wildman–Crippen MR) is 76.3 cm³/mol. The Bertz CT molecular complexity index is 458. The first kappa shape index (κ1) is 14.6. The molecule has 1 unspecified atom stereocenters. The highest BCUT2D eigenvalue weighted by Gasteiger charge is 2.16. The van der Waals surface area contributed by atoms with Crippen LogP contribution in [0.3, 0.4) is 0 Å². The van der Waals surface area contributed by atoms with Gasteiger partial charge in [-0.05, 0) is 37.8 Å². The number of nitrogens with zero attached hydrogens (tertiary/aromatic N) is 1. The Hall–Kier alpha value is -1.82. The third-order valence-corrected chi connectivity index (χ3v) is 3.46. The lowest BCUT2D eigenvalue weighted by atomic mass is 10.1. The Morgan fingerprint density at radius 2 is 2.35 bits per heavy atom. The molecule has 6 nitrogen and oxygen atoms in total. The quantitative estimate of drug-likeness (QED) is 0.640. The smallest absolute Gasteiger partial charge is 0.296 e. The van der Waals surface area contributed by atoms with Crippen molar-refractivity contribution in [3.63, 3.8) is 0 Å². The lowest BCUT2D eigenvalue weighted by molar-refractivity contribution is -0.384. The largest absolute Gasteiger partial charge is 0.496 e. The lowest BCUT2D eigenvalue weighted by Crippen LogP contribution is -2.22. The molecule has 1 aliphatic rings. The molecule has 1 aliphatic heterocycles. The third kappa shape index (κ3) is 3.84. The summed E-state index contributed by atoms with van der Waals surface area (Å²) in [5, 5.41) is 14.2. The van der Waals surface area contributed by atoms with Crippen LogP contribution < -0.4 is 10.1 Å². The van der Waals surface area contributed by atoms with Crippen LogP contribution in [0.2, 0.25) is 0 Å². The monoisotopic (exact) mass is 280 g/mol. The topological polar surface area (TPSA) is 73.6 Å². The molecule has 1 N–H and O–H groups in total. The van der Waals surface area contributed by atoms with E-state index in [9.17, 15) is 10.1 Å². The van der Waals surface area contributed by atoms with Crippen molar-refractivity contribution in [3.8, 4) is 5.75 Å². The van der Waals surface area contributed by atoms with Crippen LogP contribution in [0.4, 0.5) is 11.4 Å². The van der Waals surface area contributed by atoms with Gasteiger partial charge in [0.05, 0.1) is 24.2 Å². The van der Waals surface area contributed by atoms with Crippen LogP contribution in [0.5, 0.6) is 5.75 Å². The van der Waals surface area contributed by atoms with Gasteiger partial charge in [-0.1, -0.05) is 0 Å². The molecule has 0 saturated carbocycles. The number of hydrogen-bond acceptors (Lipinski definition) is 5. The van der Waals surface area contributed by atoms with Gasteiger partial charge in [0, 0.05) is 13.2 Å². The number of anilines is 1.